The fraction of sp³-hybridized carbons (Fsp3) is 0.167. The number of benzene rings is 1. The zero-order valence-corrected chi connectivity index (χ0v) is 15.2. The molecule has 9 nitrogen and oxygen atoms in total. The van der Waals surface area contributed by atoms with E-state index >= 15 is 0 Å². The summed E-state index contributed by atoms with van der Waals surface area (Å²) in [4.78, 5) is 43.9. The Morgan fingerprint density at radius 1 is 1.21 bits per heavy atom. The summed E-state index contributed by atoms with van der Waals surface area (Å²) in [5.74, 6) is -0.562. The average Bonchev–Trinajstić information content (AvgIpc) is 3.18. The first-order chi connectivity index (χ1) is 13.6. The number of aromatic amines is 1. The second-order valence-corrected chi connectivity index (χ2v) is 6.79. The number of aromatic nitrogens is 4. The summed E-state index contributed by atoms with van der Waals surface area (Å²) in [5, 5.41) is 15.6. The van der Waals surface area contributed by atoms with Crippen molar-refractivity contribution in [3.05, 3.63) is 67.9 Å². The van der Waals surface area contributed by atoms with Gasteiger partial charge in [-0.05, 0) is 17.5 Å². The molecule has 4 rings (SSSR count). The number of esters is 1. The number of aliphatic hydroxyl groups is 1. The first kappa shape index (κ1) is 18.0. The number of thiophene rings is 1. The van der Waals surface area contributed by atoms with Crippen molar-refractivity contribution in [2.75, 3.05) is 6.61 Å². The molecule has 2 N–H and O–H groups in total. The van der Waals surface area contributed by atoms with Crippen LogP contribution in [0.4, 0.5) is 0 Å². The van der Waals surface area contributed by atoms with Crippen LogP contribution < -0.4 is 11.1 Å². The average molecular weight is 398 g/mol. The van der Waals surface area contributed by atoms with E-state index in [1.54, 1.807) is 35.7 Å². The molecule has 0 spiro atoms. The monoisotopic (exact) mass is 398 g/mol. The maximum Gasteiger partial charge on any atom is 0.359 e. The topological polar surface area (TPSA) is 127 Å². The number of ether oxygens (including phenoxy) is 1. The summed E-state index contributed by atoms with van der Waals surface area (Å²) in [6.45, 7) is -0.603. The molecule has 3 heterocycles. The molecule has 0 aliphatic heterocycles. The first-order valence-corrected chi connectivity index (χ1v) is 9.20. The number of nitrogens with one attached hydrogen (secondary N) is 1. The van der Waals surface area contributed by atoms with Crippen LogP contribution in [0.25, 0.3) is 21.0 Å². The number of nitrogens with zero attached hydrogens (tertiary/aromatic N) is 3. The van der Waals surface area contributed by atoms with Gasteiger partial charge in [0.05, 0.1) is 24.1 Å². The van der Waals surface area contributed by atoms with E-state index in [-0.39, 0.29) is 36.8 Å². The van der Waals surface area contributed by atoms with Crippen molar-refractivity contribution in [1.82, 2.24) is 19.7 Å². The van der Waals surface area contributed by atoms with Crippen molar-refractivity contribution in [3.63, 3.8) is 0 Å². The highest BCUT2D eigenvalue weighted by atomic mass is 32.1. The van der Waals surface area contributed by atoms with E-state index < -0.39 is 11.5 Å². The molecule has 0 saturated heterocycles. The third-order valence-corrected chi connectivity index (χ3v) is 4.98. The minimum absolute atomic E-state index is 0.0480. The lowest BCUT2D eigenvalue weighted by Crippen LogP contribution is -2.27. The van der Waals surface area contributed by atoms with Crippen LogP contribution in [0.5, 0.6) is 0 Å². The summed E-state index contributed by atoms with van der Waals surface area (Å²) < 4.78 is 6.79. The van der Waals surface area contributed by atoms with Gasteiger partial charge < -0.3 is 14.8 Å². The van der Waals surface area contributed by atoms with Crippen LogP contribution in [-0.4, -0.2) is 37.4 Å². The largest absolute Gasteiger partial charge is 0.453 e. The quantitative estimate of drug-likeness (QED) is 0.481. The zero-order valence-electron chi connectivity index (χ0n) is 14.4. The molecule has 28 heavy (non-hydrogen) atoms. The smallest absolute Gasteiger partial charge is 0.359 e. The van der Waals surface area contributed by atoms with E-state index in [4.69, 9.17) is 9.84 Å². The SMILES string of the molecule is O=C(OCc1nc2ccsc2c(=O)[nH]1)c1nn(CCO)c(=O)c2ccccc12. The number of fused-ring (bicyclic) bond motifs is 2. The van der Waals surface area contributed by atoms with E-state index in [2.05, 4.69) is 15.1 Å². The van der Waals surface area contributed by atoms with Crippen LogP contribution >= 0.6 is 11.3 Å². The van der Waals surface area contributed by atoms with Crippen molar-refractivity contribution < 1.29 is 14.6 Å². The van der Waals surface area contributed by atoms with Crippen molar-refractivity contribution in [2.45, 2.75) is 13.2 Å². The van der Waals surface area contributed by atoms with Crippen LogP contribution in [0, 0.1) is 0 Å². The van der Waals surface area contributed by atoms with E-state index in [9.17, 15) is 14.4 Å². The molecule has 0 aliphatic carbocycles. The molecule has 0 aliphatic rings. The normalized spacial score (nSPS) is 11.2. The first-order valence-electron chi connectivity index (χ1n) is 8.32. The van der Waals surface area contributed by atoms with Gasteiger partial charge in [0.1, 0.15) is 17.1 Å². The fourth-order valence-corrected chi connectivity index (χ4v) is 3.55. The van der Waals surface area contributed by atoms with Gasteiger partial charge in [0.2, 0.25) is 0 Å². The number of hydrogen-bond acceptors (Lipinski definition) is 8. The van der Waals surface area contributed by atoms with Gasteiger partial charge in [-0.1, -0.05) is 18.2 Å². The maximum absolute atomic E-state index is 12.6. The zero-order chi connectivity index (χ0) is 19.7. The van der Waals surface area contributed by atoms with Crippen LogP contribution in [0.3, 0.4) is 0 Å². The molecule has 0 radical (unpaired) electrons. The summed E-state index contributed by atoms with van der Waals surface area (Å²) in [7, 11) is 0. The Balaban J connectivity index is 1.67. The van der Waals surface area contributed by atoms with Crippen LogP contribution in [0.2, 0.25) is 0 Å². The third-order valence-electron chi connectivity index (χ3n) is 4.08. The summed E-state index contributed by atoms with van der Waals surface area (Å²) in [5.41, 5.74) is -0.233. The lowest BCUT2D eigenvalue weighted by Gasteiger charge is -2.10. The second-order valence-electron chi connectivity index (χ2n) is 5.87. The van der Waals surface area contributed by atoms with Crippen molar-refractivity contribution >= 4 is 38.3 Å². The number of rotatable bonds is 5. The molecule has 0 atom stereocenters. The number of carbonyl (C=O) groups excluding carboxylic acids is 1. The highest BCUT2D eigenvalue weighted by Gasteiger charge is 2.18. The molecule has 0 saturated carbocycles. The molecule has 3 aromatic heterocycles. The van der Waals surface area contributed by atoms with Crippen molar-refractivity contribution in [3.8, 4) is 0 Å². The van der Waals surface area contributed by atoms with E-state index in [0.29, 0.717) is 21.0 Å². The highest BCUT2D eigenvalue weighted by molar-refractivity contribution is 7.17. The minimum Gasteiger partial charge on any atom is -0.453 e. The number of aliphatic hydroxyl groups excluding tert-OH is 1. The van der Waals surface area contributed by atoms with E-state index in [1.165, 1.54) is 11.3 Å². The Hall–Kier alpha value is -3.37. The number of carbonyl (C=O) groups is 1. The van der Waals surface area contributed by atoms with Gasteiger partial charge in [0.25, 0.3) is 11.1 Å². The highest BCUT2D eigenvalue weighted by Crippen LogP contribution is 2.16. The fourth-order valence-electron chi connectivity index (χ4n) is 2.82. The standard InChI is InChI=1S/C18H14N4O5S/c23-7-6-22-17(25)11-4-2-1-3-10(11)14(21-22)18(26)27-9-13-19-12-5-8-28-15(12)16(24)20-13/h1-5,8,23H,6-7,9H2,(H,19,20,24). The lowest BCUT2D eigenvalue weighted by atomic mass is 10.1. The number of H-pyrrole nitrogens is 1. The molecule has 0 unspecified atom stereocenters. The Bertz CT molecular complexity index is 1310. The van der Waals surface area contributed by atoms with Gasteiger partial charge in [-0.25, -0.2) is 14.5 Å². The van der Waals surface area contributed by atoms with Gasteiger partial charge in [0, 0.05) is 5.39 Å². The minimum atomic E-state index is -0.768. The molecule has 1 aromatic carbocycles. The van der Waals surface area contributed by atoms with Crippen LogP contribution in [0.1, 0.15) is 16.3 Å². The molecule has 142 valence electrons. The molecule has 4 aromatic rings. The maximum atomic E-state index is 12.6. The van der Waals surface area contributed by atoms with Gasteiger partial charge in [-0.15, -0.1) is 11.3 Å². The molecule has 0 fully saturated rings. The molecule has 0 amide bonds. The van der Waals surface area contributed by atoms with Crippen LogP contribution in [-0.2, 0) is 17.9 Å². The van der Waals surface area contributed by atoms with Crippen molar-refractivity contribution in [2.24, 2.45) is 0 Å². The Labute approximate surface area is 160 Å². The van der Waals surface area contributed by atoms with Gasteiger partial charge >= 0.3 is 5.97 Å². The third kappa shape index (κ3) is 3.19. The van der Waals surface area contributed by atoms with Crippen molar-refractivity contribution in [1.29, 1.82) is 0 Å². The van der Waals surface area contributed by atoms with Gasteiger partial charge in [-0.3, -0.25) is 9.59 Å². The summed E-state index contributed by atoms with van der Waals surface area (Å²) >= 11 is 1.28. The predicted octanol–water partition coefficient (Wildman–Crippen LogP) is 1.04. The molecular formula is C18H14N4O5S. The Morgan fingerprint density at radius 2 is 2.00 bits per heavy atom. The van der Waals surface area contributed by atoms with Gasteiger partial charge in [0.15, 0.2) is 5.69 Å². The Morgan fingerprint density at radius 3 is 2.79 bits per heavy atom. The van der Waals surface area contributed by atoms with Gasteiger partial charge in [-0.2, -0.15) is 5.10 Å². The second kappa shape index (κ2) is 7.33. The molecule has 10 heteroatoms. The van der Waals surface area contributed by atoms with E-state index in [0.717, 1.165) is 4.68 Å². The molecule has 0 bridgehead atoms. The Kier molecular flexibility index (Phi) is 4.72. The summed E-state index contributed by atoms with van der Waals surface area (Å²) in [6.07, 6.45) is 0. The predicted molar refractivity (Wildman–Crippen MR) is 102 cm³/mol. The molecular weight excluding hydrogens is 384 g/mol. The van der Waals surface area contributed by atoms with Crippen LogP contribution in [0.15, 0.2) is 45.3 Å². The summed E-state index contributed by atoms with van der Waals surface area (Å²) in [6, 6.07) is 8.24. The van der Waals surface area contributed by atoms with E-state index in [1.807, 2.05) is 0 Å². The lowest BCUT2D eigenvalue weighted by molar-refractivity contribution is 0.0454. The number of hydrogen-bond donors (Lipinski definition) is 2.